The molecule has 0 saturated carbocycles. The van der Waals surface area contributed by atoms with E-state index in [0.717, 1.165) is 24.8 Å². The zero-order valence-corrected chi connectivity index (χ0v) is 14.1. The molecule has 3 rings (SSSR count). The van der Waals surface area contributed by atoms with E-state index in [0.29, 0.717) is 25.5 Å². The molecule has 2 aromatic rings. The number of nitrogens with zero attached hydrogens (tertiary/aromatic N) is 2. The summed E-state index contributed by atoms with van der Waals surface area (Å²) in [6.07, 6.45) is 4.28. The van der Waals surface area contributed by atoms with E-state index in [4.69, 9.17) is 0 Å². The van der Waals surface area contributed by atoms with E-state index in [-0.39, 0.29) is 10.7 Å². The summed E-state index contributed by atoms with van der Waals surface area (Å²) in [6.45, 7) is 1.64. The van der Waals surface area contributed by atoms with Gasteiger partial charge in [-0.2, -0.15) is 4.31 Å². The van der Waals surface area contributed by atoms with Crippen LogP contribution in [0.1, 0.15) is 24.8 Å². The highest BCUT2D eigenvalue weighted by Crippen LogP contribution is 2.20. The average molecular weight is 349 g/mol. The molecule has 5 nitrogen and oxygen atoms in total. The van der Waals surface area contributed by atoms with Crippen molar-refractivity contribution in [1.29, 1.82) is 0 Å². The summed E-state index contributed by atoms with van der Waals surface area (Å²) in [5.74, 6) is 0.307. The van der Waals surface area contributed by atoms with Crippen molar-refractivity contribution in [2.75, 3.05) is 18.4 Å². The maximum atomic E-state index is 12.9. The first-order chi connectivity index (χ1) is 11.6. The normalized spacial score (nSPS) is 16.0. The van der Waals surface area contributed by atoms with Crippen LogP contribution in [-0.2, 0) is 16.6 Å². The Hall–Kier alpha value is -1.99. The van der Waals surface area contributed by atoms with Crippen LogP contribution in [0.2, 0.25) is 0 Å². The van der Waals surface area contributed by atoms with Crippen LogP contribution in [0, 0.1) is 5.82 Å². The molecule has 1 aliphatic rings. The SMILES string of the molecule is O=S(=O)(c1ccc(NCc2ccc(F)cc2)nc1)N1CCCCC1. The first kappa shape index (κ1) is 16.9. The van der Waals surface area contributed by atoms with Crippen molar-refractivity contribution in [2.45, 2.75) is 30.7 Å². The first-order valence-corrected chi connectivity index (χ1v) is 9.44. The van der Waals surface area contributed by atoms with Crippen molar-refractivity contribution in [3.63, 3.8) is 0 Å². The third-order valence-electron chi connectivity index (χ3n) is 4.08. The van der Waals surface area contributed by atoms with Crippen LogP contribution < -0.4 is 5.32 Å². The standard InChI is InChI=1S/C17H20FN3O2S/c18-15-6-4-14(5-7-15)12-19-17-9-8-16(13-20-17)24(22,23)21-10-2-1-3-11-21/h4-9,13H,1-3,10-12H2,(H,19,20). The number of hydrogen-bond acceptors (Lipinski definition) is 4. The Kier molecular flexibility index (Phi) is 5.11. The minimum absolute atomic E-state index is 0.219. The number of hydrogen-bond donors (Lipinski definition) is 1. The van der Waals surface area contributed by atoms with Crippen molar-refractivity contribution in [3.05, 3.63) is 54.0 Å². The van der Waals surface area contributed by atoms with Gasteiger partial charge in [-0.1, -0.05) is 18.6 Å². The van der Waals surface area contributed by atoms with Gasteiger partial charge in [0.1, 0.15) is 16.5 Å². The fourth-order valence-electron chi connectivity index (χ4n) is 2.69. The lowest BCUT2D eigenvalue weighted by Gasteiger charge is -2.25. The van der Waals surface area contributed by atoms with Crippen molar-refractivity contribution < 1.29 is 12.8 Å². The predicted octanol–water partition coefficient (Wildman–Crippen LogP) is 3.01. The zero-order chi connectivity index (χ0) is 17.0. The molecule has 0 amide bonds. The second-order valence-corrected chi connectivity index (χ2v) is 7.76. The smallest absolute Gasteiger partial charge is 0.244 e. The van der Waals surface area contributed by atoms with Crippen LogP contribution in [-0.4, -0.2) is 30.8 Å². The molecule has 1 N–H and O–H groups in total. The molecule has 128 valence electrons. The average Bonchev–Trinajstić information content (AvgIpc) is 2.62. The van der Waals surface area contributed by atoms with Gasteiger partial charge in [-0.25, -0.2) is 17.8 Å². The van der Waals surface area contributed by atoms with Gasteiger partial charge in [-0.3, -0.25) is 0 Å². The third kappa shape index (κ3) is 3.91. The topological polar surface area (TPSA) is 62.3 Å². The molecule has 0 atom stereocenters. The second kappa shape index (κ2) is 7.27. The molecular formula is C17H20FN3O2S. The molecule has 0 radical (unpaired) electrons. The Balaban J connectivity index is 1.65. The maximum Gasteiger partial charge on any atom is 0.244 e. The maximum absolute atomic E-state index is 12.9. The minimum Gasteiger partial charge on any atom is -0.366 e. The van der Waals surface area contributed by atoms with Gasteiger partial charge in [0.25, 0.3) is 0 Å². The van der Waals surface area contributed by atoms with E-state index in [1.54, 1.807) is 24.3 Å². The molecule has 0 unspecified atom stereocenters. The van der Waals surface area contributed by atoms with Crippen LogP contribution in [0.25, 0.3) is 0 Å². The number of sulfonamides is 1. The van der Waals surface area contributed by atoms with Gasteiger partial charge in [0, 0.05) is 25.8 Å². The van der Waals surface area contributed by atoms with Crippen LogP contribution in [0.15, 0.2) is 47.5 Å². The molecule has 1 fully saturated rings. The zero-order valence-electron chi connectivity index (χ0n) is 13.3. The lowest BCUT2D eigenvalue weighted by atomic mass is 10.2. The van der Waals surface area contributed by atoms with Crippen LogP contribution in [0.4, 0.5) is 10.2 Å². The number of halogens is 1. The van der Waals surface area contributed by atoms with E-state index < -0.39 is 10.0 Å². The van der Waals surface area contributed by atoms with E-state index in [1.165, 1.54) is 22.6 Å². The van der Waals surface area contributed by atoms with Crippen molar-refractivity contribution in [3.8, 4) is 0 Å². The second-order valence-electron chi connectivity index (χ2n) is 5.82. The monoisotopic (exact) mass is 349 g/mol. The molecule has 1 aromatic heterocycles. The Bertz CT molecular complexity index is 770. The predicted molar refractivity (Wildman–Crippen MR) is 90.6 cm³/mol. The molecular weight excluding hydrogens is 329 g/mol. The molecule has 0 spiro atoms. The summed E-state index contributed by atoms with van der Waals surface area (Å²) >= 11 is 0. The van der Waals surface area contributed by atoms with Crippen LogP contribution >= 0.6 is 0 Å². The van der Waals surface area contributed by atoms with Gasteiger partial charge in [0.05, 0.1) is 0 Å². The fraction of sp³-hybridized carbons (Fsp3) is 0.353. The summed E-state index contributed by atoms with van der Waals surface area (Å²) in [5, 5.41) is 3.10. The van der Waals surface area contributed by atoms with Crippen LogP contribution in [0.3, 0.4) is 0 Å². The highest BCUT2D eigenvalue weighted by Gasteiger charge is 2.26. The van der Waals surface area contributed by atoms with E-state index in [1.807, 2.05) is 0 Å². The number of piperidine rings is 1. The lowest BCUT2D eigenvalue weighted by molar-refractivity contribution is 0.346. The number of rotatable bonds is 5. The van der Waals surface area contributed by atoms with Gasteiger partial charge < -0.3 is 5.32 Å². The van der Waals surface area contributed by atoms with E-state index in [9.17, 15) is 12.8 Å². The van der Waals surface area contributed by atoms with Gasteiger partial charge >= 0.3 is 0 Å². The summed E-state index contributed by atoms with van der Waals surface area (Å²) in [4.78, 5) is 4.40. The van der Waals surface area contributed by atoms with Gasteiger partial charge in [-0.15, -0.1) is 0 Å². The number of nitrogens with one attached hydrogen (secondary N) is 1. The summed E-state index contributed by atoms with van der Waals surface area (Å²) in [7, 11) is -3.45. The summed E-state index contributed by atoms with van der Waals surface area (Å²) < 4.78 is 39.5. The highest BCUT2D eigenvalue weighted by atomic mass is 32.2. The molecule has 1 saturated heterocycles. The van der Waals surface area contributed by atoms with E-state index >= 15 is 0 Å². The lowest BCUT2D eigenvalue weighted by Crippen LogP contribution is -2.35. The fourth-order valence-corrected chi connectivity index (χ4v) is 4.15. The molecule has 2 heterocycles. The summed E-state index contributed by atoms with van der Waals surface area (Å²) in [6, 6.07) is 9.41. The number of anilines is 1. The highest BCUT2D eigenvalue weighted by molar-refractivity contribution is 7.89. The first-order valence-electron chi connectivity index (χ1n) is 8.00. The Morgan fingerprint density at radius 1 is 1.04 bits per heavy atom. The van der Waals surface area contributed by atoms with E-state index in [2.05, 4.69) is 10.3 Å². The Morgan fingerprint density at radius 2 is 1.75 bits per heavy atom. The Labute approximate surface area is 141 Å². The van der Waals surface area contributed by atoms with Gasteiger partial charge in [-0.05, 0) is 42.7 Å². The molecule has 7 heteroatoms. The number of benzene rings is 1. The molecule has 24 heavy (non-hydrogen) atoms. The number of aromatic nitrogens is 1. The molecule has 1 aromatic carbocycles. The Morgan fingerprint density at radius 3 is 2.38 bits per heavy atom. The minimum atomic E-state index is -3.45. The van der Waals surface area contributed by atoms with Crippen LogP contribution in [0.5, 0.6) is 0 Å². The van der Waals surface area contributed by atoms with Crippen molar-refractivity contribution >= 4 is 15.8 Å². The quantitative estimate of drug-likeness (QED) is 0.901. The molecule has 0 bridgehead atoms. The van der Waals surface area contributed by atoms with Crippen molar-refractivity contribution in [1.82, 2.24) is 9.29 Å². The van der Waals surface area contributed by atoms with Crippen molar-refractivity contribution in [2.24, 2.45) is 0 Å². The van der Waals surface area contributed by atoms with Gasteiger partial charge in [0.15, 0.2) is 0 Å². The largest absolute Gasteiger partial charge is 0.366 e. The summed E-state index contributed by atoms with van der Waals surface area (Å²) in [5.41, 5.74) is 0.920. The molecule has 0 aliphatic carbocycles. The third-order valence-corrected chi connectivity index (χ3v) is 5.96. The van der Waals surface area contributed by atoms with Gasteiger partial charge in [0.2, 0.25) is 10.0 Å². The number of pyridine rings is 1. The molecule has 1 aliphatic heterocycles.